The second-order valence-corrected chi connectivity index (χ2v) is 5.77. The highest BCUT2D eigenvalue weighted by Gasteiger charge is 2.36. The molecule has 2 heterocycles. The number of hydrogen-bond acceptors (Lipinski definition) is 5. The number of hydrogen-bond donors (Lipinski definition) is 0. The first-order chi connectivity index (χ1) is 8.90. The Bertz CT molecular complexity index is 455. The van der Waals surface area contributed by atoms with Crippen LogP contribution in [0.25, 0.3) is 0 Å². The molecule has 1 aliphatic heterocycles. The summed E-state index contributed by atoms with van der Waals surface area (Å²) in [6.07, 6.45) is 1.34. The fourth-order valence-corrected chi connectivity index (χ4v) is 2.13. The van der Waals surface area contributed by atoms with E-state index < -0.39 is 5.60 Å². The molecule has 0 spiro atoms. The summed E-state index contributed by atoms with van der Waals surface area (Å²) in [5, 5.41) is 7.77. The van der Waals surface area contributed by atoms with E-state index in [4.69, 9.17) is 20.8 Å². The number of nitrogens with zero attached hydrogens (tertiary/aromatic N) is 3. The van der Waals surface area contributed by atoms with E-state index in [1.165, 1.54) is 0 Å². The number of carbonyl (C=O) groups excluding carboxylic acids is 1. The largest absolute Gasteiger partial charge is 0.444 e. The quantitative estimate of drug-likeness (QED) is 0.782. The lowest BCUT2D eigenvalue weighted by Crippen LogP contribution is -2.36. The topological polar surface area (TPSA) is 68.5 Å². The summed E-state index contributed by atoms with van der Waals surface area (Å²) in [5.74, 6) is 0.971. The van der Waals surface area contributed by atoms with Crippen molar-refractivity contribution < 1.29 is 13.9 Å². The lowest BCUT2D eigenvalue weighted by molar-refractivity contribution is 0.0203. The third-order valence-corrected chi connectivity index (χ3v) is 2.99. The Kier molecular flexibility index (Phi) is 3.99. The number of aromatic nitrogens is 2. The molecule has 1 amide bonds. The lowest BCUT2D eigenvalue weighted by Gasteiger charge is -2.27. The van der Waals surface area contributed by atoms with Crippen molar-refractivity contribution in [3.05, 3.63) is 11.8 Å². The molecule has 1 aromatic rings. The fourth-order valence-electron chi connectivity index (χ4n) is 2.02. The van der Waals surface area contributed by atoms with E-state index in [9.17, 15) is 4.79 Å². The summed E-state index contributed by atoms with van der Waals surface area (Å²) in [6, 6.07) is -0.209. The summed E-state index contributed by atoms with van der Waals surface area (Å²) in [5.41, 5.74) is -0.514. The van der Waals surface area contributed by atoms with Crippen LogP contribution in [0.4, 0.5) is 4.79 Å². The highest BCUT2D eigenvalue weighted by Crippen LogP contribution is 2.32. The molecule has 0 radical (unpaired) electrons. The molecule has 1 aromatic heterocycles. The molecule has 2 rings (SSSR count). The van der Waals surface area contributed by atoms with Gasteiger partial charge in [0.2, 0.25) is 11.8 Å². The fraction of sp³-hybridized carbons (Fsp3) is 0.750. The SMILES string of the molecule is CC(C)(C)OC(=O)N1CCCC1c1nnc(CCl)o1. The van der Waals surface area contributed by atoms with Gasteiger partial charge in [0.25, 0.3) is 0 Å². The molecule has 106 valence electrons. The van der Waals surface area contributed by atoms with Gasteiger partial charge >= 0.3 is 6.09 Å². The zero-order chi connectivity index (χ0) is 14.0. The van der Waals surface area contributed by atoms with Gasteiger partial charge in [0.05, 0.1) is 0 Å². The van der Waals surface area contributed by atoms with Gasteiger partial charge in [-0.05, 0) is 33.6 Å². The zero-order valence-electron chi connectivity index (χ0n) is 11.4. The molecule has 0 aromatic carbocycles. The molecule has 0 N–H and O–H groups in total. The van der Waals surface area contributed by atoms with Crippen LogP contribution < -0.4 is 0 Å². The maximum Gasteiger partial charge on any atom is 0.410 e. The van der Waals surface area contributed by atoms with Crippen LogP contribution in [0, 0.1) is 0 Å². The van der Waals surface area contributed by atoms with Gasteiger partial charge in [-0.25, -0.2) is 4.79 Å². The molecular formula is C12H18ClN3O3. The Morgan fingerprint density at radius 3 is 2.84 bits per heavy atom. The summed E-state index contributed by atoms with van der Waals surface area (Å²) >= 11 is 5.63. The molecule has 7 heteroatoms. The van der Waals surface area contributed by atoms with Crippen LogP contribution >= 0.6 is 11.6 Å². The molecule has 19 heavy (non-hydrogen) atoms. The van der Waals surface area contributed by atoms with E-state index >= 15 is 0 Å². The average molecular weight is 288 g/mol. The van der Waals surface area contributed by atoms with Crippen molar-refractivity contribution in [2.75, 3.05) is 6.54 Å². The number of ether oxygens (including phenoxy) is 1. The van der Waals surface area contributed by atoms with Crippen LogP contribution in [-0.4, -0.2) is 33.3 Å². The van der Waals surface area contributed by atoms with Gasteiger partial charge in [0.1, 0.15) is 17.5 Å². The van der Waals surface area contributed by atoms with E-state index in [0.717, 1.165) is 12.8 Å². The Morgan fingerprint density at radius 2 is 2.26 bits per heavy atom. The summed E-state index contributed by atoms with van der Waals surface area (Å²) < 4.78 is 10.8. The van der Waals surface area contributed by atoms with Crippen LogP contribution in [0.15, 0.2) is 4.42 Å². The Labute approximate surface area is 117 Å². The molecule has 1 fully saturated rings. The van der Waals surface area contributed by atoms with Crippen molar-refractivity contribution in [2.24, 2.45) is 0 Å². The van der Waals surface area contributed by atoms with Gasteiger partial charge in [-0.15, -0.1) is 21.8 Å². The van der Waals surface area contributed by atoms with Gasteiger partial charge in [0, 0.05) is 6.54 Å². The van der Waals surface area contributed by atoms with Gasteiger partial charge in [-0.1, -0.05) is 0 Å². The van der Waals surface area contributed by atoms with Crippen LogP contribution in [-0.2, 0) is 10.6 Å². The monoisotopic (exact) mass is 287 g/mol. The number of amides is 1. The van der Waals surface area contributed by atoms with E-state index in [1.54, 1.807) is 4.90 Å². The minimum Gasteiger partial charge on any atom is -0.444 e. The molecule has 0 saturated carbocycles. The maximum atomic E-state index is 12.1. The first-order valence-corrected chi connectivity index (χ1v) is 6.82. The first-order valence-electron chi connectivity index (χ1n) is 6.28. The van der Waals surface area contributed by atoms with Gasteiger partial charge < -0.3 is 9.15 Å². The smallest absolute Gasteiger partial charge is 0.410 e. The minimum absolute atomic E-state index is 0.173. The lowest BCUT2D eigenvalue weighted by atomic mass is 10.2. The van der Waals surface area contributed by atoms with Gasteiger partial charge in [-0.2, -0.15) is 0 Å². The molecule has 1 unspecified atom stereocenters. The van der Waals surface area contributed by atoms with Crippen molar-refractivity contribution in [3.8, 4) is 0 Å². The number of alkyl halides is 1. The highest BCUT2D eigenvalue weighted by atomic mass is 35.5. The van der Waals surface area contributed by atoms with E-state index in [1.807, 2.05) is 20.8 Å². The second kappa shape index (κ2) is 5.36. The van der Waals surface area contributed by atoms with Crippen molar-refractivity contribution in [1.29, 1.82) is 0 Å². The third-order valence-electron chi connectivity index (χ3n) is 2.76. The van der Waals surface area contributed by atoms with E-state index in [0.29, 0.717) is 18.3 Å². The van der Waals surface area contributed by atoms with Crippen LogP contribution in [0.5, 0.6) is 0 Å². The highest BCUT2D eigenvalue weighted by molar-refractivity contribution is 6.16. The van der Waals surface area contributed by atoms with E-state index in [-0.39, 0.29) is 18.0 Å². The Balaban J connectivity index is 2.10. The van der Waals surface area contributed by atoms with Crippen molar-refractivity contribution in [2.45, 2.75) is 51.1 Å². The first kappa shape index (κ1) is 14.1. The van der Waals surface area contributed by atoms with Crippen LogP contribution in [0.1, 0.15) is 51.4 Å². The Morgan fingerprint density at radius 1 is 1.53 bits per heavy atom. The van der Waals surface area contributed by atoms with Crippen molar-refractivity contribution >= 4 is 17.7 Å². The molecule has 1 aliphatic rings. The molecule has 6 nitrogen and oxygen atoms in total. The summed E-state index contributed by atoms with van der Waals surface area (Å²) in [7, 11) is 0. The van der Waals surface area contributed by atoms with Crippen molar-refractivity contribution in [1.82, 2.24) is 15.1 Å². The van der Waals surface area contributed by atoms with Crippen LogP contribution in [0.2, 0.25) is 0 Å². The summed E-state index contributed by atoms with van der Waals surface area (Å²) in [4.78, 5) is 13.7. The number of carbonyl (C=O) groups is 1. The maximum absolute atomic E-state index is 12.1. The van der Waals surface area contributed by atoms with Gasteiger partial charge in [0.15, 0.2) is 0 Å². The second-order valence-electron chi connectivity index (χ2n) is 5.50. The standard InChI is InChI=1S/C12H18ClN3O3/c1-12(2,3)19-11(17)16-6-4-5-8(16)10-15-14-9(7-13)18-10/h8H,4-7H2,1-3H3. The van der Waals surface area contributed by atoms with Crippen molar-refractivity contribution in [3.63, 3.8) is 0 Å². The van der Waals surface area contributed by atoms with Gasteiger partial charge in [-0.3, -0.25) is 4.90 Å². The van der Waals surface area contributed by atoms with E-state index in [2.05, 4.69) is 10.2 Å². The molecule has 0 aliphatic carbocycles. The predicted molar refractivity (Wildman–Crippen MR) is 68.8 cm³/mol. The zero-order valence-corrected chi connectivity index (χ0v) is 12.1. The average Bonchev–Trinajstić information content (AvgIpc) is 2.95. The molecular weight excluding hydrogens is 270 g/mol. The third kappa shape index (κ3) is 3.37. The molecule has 0 bridgehead atoms. The molecule has 1 saturated heterocycles. The number of halogens is 1. The normalized spacial score (nSPS) is 19.8. The minimum atomic E-state index is -0.514. The molecule has 1 atom stereocenters. The summed E-state index contributed by atoms with van der Waals surface area (Å²) in [6.45, 7) is 6.16. The van der Waals surface area contributed by atoms with Crippen LogP contribution in [0.3, 0.4) is 0 Å². The predicted octanol–water partition coefficient (Wildman–Crippen LogP) is 2.88. The number of likely N-dealkylation sites (tertiary alicyclic amines) is 1. The Hall–Kier alpha value is -1.30. The number of rotatable bonds is 2.